The van der Waals surface area contributed by atoms with E-state index < -0.39 is 0 Å². The van der Waals surface area contributed by atoms with E-state index in [1.54, 1.807) is 5.82 Å². The third-order valence-corrected chi connectivity index (χ3v) is 8.55. The molecule has 0 N–H and O–H groups in total. The van der Waals surface area contributed by atoms with E-state index in [4.69, 9.17) is 0 Å². The summed E-state index contributed by atoms with van der Waals surface area (Å²) in [5, 5.41) is 0. The quantitative estimate of drug-likeness (QED) is 0.0791. The number of hydrogen-bond acceptors (Lipinski definition) is 0. The number of imidazole rings is 1. The van der Waals surface area contributed by atoms with Crippen molar-refractivity contribution in [1.82, 2.24) is 4.57 Å². The Balaban J connectivity index is 1.69. The Labute approximate surface area is 244 Å². The first-order valence-corrected chi connectivity index (χ1v) is 17.5. The first-order chi connectivity index (χ1) is 19.3. The Hall–Kier alpha value is -1.57. The van der Waals surface area contributed by atoms with E-state index in [-0.39, 0.29) is 0 Å². The third kappa shape index (κ3) is 17.0. The molecule has 2 heteroatoms. The minimum Gasteiger partial charge on any atom is -0.234 e. The average molecular weight is 538 g/mol. The molecule has 2 nitrogen and oxygen atoms in total. The zero-order valence-electron chi connectivity index (χ0n) is 26.3. The highest BCUT2D eigenvalue weighted by molar-refractivity contribution is 5.14. The first-order valence-electron chi connectivity index (χ1n) is 17.5. The molecular formula is C37H65N2+. The van der Waals surface area contributed by atoms with Crippen LogP contribution < -0.4 is 4.57 Å². The fourth-order valence-corrected chi connectivity index (χ4v) is 6.01. The third-order valence-electron chi connectivity index (χ3n) is 8.55. The lowest BCUT2D eigenvalue weighted by Gasteiger charge is -2.07. The van der Waals surface area contributed by atoms with Crippen LogP contribution in [-0.4, -0.2) is 4.57 Å². The molecule has 0 saturated heterocycles. The van der Waals surface area contributed by atoms with Crippen LogP contribution in [0, 0.1) is 0 Å². The Morgan fingerprint density at radius 3 is 1.54 bits per heavy atom. The van der Waals surface area contributed by atoms with Crippen LogP contribution in [0.5, 0.6) is 0 Å². The molecular weight excluding hydrogens is 472 g/mol. The average Bonchev–Trinajstić information content (AvgIpc) is 3.34. The van der Waals surface area contributed by atoms with Gasteiger partial charge in [-0.15, -0.1) is 0 Å². The number of aromatic nitrogens is 2. The maximum atomic E-state index is 2.60. The van der Waals surface area contributed by atoms with E-state index in [0.717, 1.165) is 6.54 Å². The van der Waals surface area contributed by atoms with Gasteiger partial charge in [0.15, 0.2) is 0 Å². The van der Waals surface area contributed by atoms with Gasteiger partial charge in [-0.05, 0) is 37.7 Å². The van der Waals surface area contributed by atoms with Crippen LogP contribution in [0.2, 0.25) is 0 Å². The largest absolute Gasteiger partial charge is 0.256 e. The predicted molar refractivity (Wildman–Crippen MR) is 171 cm³/mol. The molecule has 2 rings (SSSR count). The standard InChI is InChI=1S/C37H65N2/c1-3-5-7-9-11-13-15-17-19-21-26-32-38-34-35-39(33-27-30-36-28-23-22-24-29-36)37(38)31-25-20-18-16-14-12-10-8-6-4-2/h22-24,28-29,34-35H,3-21,25-27,30-33H2,1-2H3/q+1. The van der Waals surface area contributed by atoms with Crippen molar-refractivity contribution in [2.24, 2.45) is 0 Å². The monoisotopic (exact) mass is 538 g/mol. The number of nitrogens with zero attached hydrogens (tertiary/aromatic N) is 2. The van der Waals surface area contributed by atoms with E-state index in [0.29, 0.717) is 0 Å². The lowest BCUT2D eigenvalue weighted by molar-refractivity contribution is -0.704. The van der Waals surface area contributed by atoms with Crippen molar-refractivity contribution >= 4 is 0 Å². The van der Waals surface area contributed by atoms with E-state index in [2.05, 4.69) is 65.7 Å². The van der Waals surface area contributed by atoms with Gasteiger partial charge < -0.3 is 0 Å². The summed E-state index contributed by atoms with van der Waals surface area (Å²) in [5.74, 6) is 1.58. The van der Waals surface area contributed by atoms with Crippen molar-refractivity contribution in [3.63, 3.8) is 0 Å². The van der Waals surface area contributed by atoms with Crippen molar-refractivity contribution in [2.45, 2.75) is 181 Å². The van der Waals surface area contributed by atoms with E-state index in [1.165, 1.54) is 166 Å². The van der Waals surface area contributed by atoms with Gasteiger partial charge in [0.2, 0.25) is 0 Å². The molecule has 0 aliphatic rings. The van der Waals surface area contributed by atoms with Crippen molar-refractivity contribution in [3.8, 4) is 0 Å². The molecule has 2 aromatic rings. The summed E-state index contributed by atoms with van der Waals surface area (Å²) in [7, 11) is 0. The minimum atomic E-state index is 1.15. The van der Waals surface area contributed by atoms with Gasteiger partial charge in [-0.25, -0.2) is 9.13 Å². The number of hydrogen-bond donors (Lipinski definition) is 0. The summed E-state index contributed by atoms with van der Waals surface area (Å²) in [6.07, 6.45) is 38.1. The van der Waals surface area contributed by atoms with Crippen LogP contribution in [0.3, 0.4) is 0 Å². The molecule has 0 unspecified atom stereocenters. The topological polar surface area (TPSA) is 8.81 Å². The van der Waals surface area contributed by atoms with Crippen LogP contribution in [0.25, 0.3) is 0 Å². The highest BCUT2D eigenvalue weighted by Gasteiger charge is 2.16. The zero-order valence-corrected chi connectivity index (χ0v) is 26.3. The molecule has 0 aliphatic heterocycles. The fraction of sp³-hybridized carbons (Fsp3) is 0.757. The summed E-state index contributed by atoms with van der Waals surface area (Å²) >= 11 is 0. The van der Waals surface area contributed by atoms with Gasteiger partial charge in [-0.1, -0.05) is 160 Å². The molecule has 0 bridgehead atoms. The van der Waals surface area contributed by atoms with Gasteiger partial charge in [0.05, 0.1) is 13.1 Å². The minimum absolute atomic E-state index is 1.15. The van der Waals surface area contributed by atoms with Gasteiger partial charge in [0.1, 0.15) is 12.4 Å². The molecule has 0 fully saturated rings. The summed E-state index contributed by atoms with van der Waals surface area (Å²) in [6.45, 7) is 6.96. The molecule has 0 saturated carbocycles. The highest BCUT2D eigenvalue weighted by Crippen LogP contribution is 2.14. The number of benzene rings is 1. The Morgan fingerprint density at radius 1 is 0.513 bits per heavy atom. The summed E-state index contributed by atoms with van der Waals surface area (Å²) < 4.78 is 5.18. The van der Waals surface area contributed by atoms with Gasteiger partial charge in [-0.3, -0.25) is 0 Å². The first kappa shape index (κ1) is 33.6. The second-order valence-corrected chi connectivity index (χ2v) is 12.2. The predicted octanol–water partition coefficient (Wildman–Crippen LogP) is 11.2. The molecule has 1 aromatic heterocycles. The number of aryl methyl sites for hydroxylation is 3. The van der Waals surface area contributed by atoms with Crippen molar-refractivity contribution in [1.29, 1.82) is 0 Å². The van der Waals surface area contributed by atoms with Gasteiger partial charge in [-0.2, -0.15) is 0 Å². The van der Waals surface area contributed by atoms with Crippen LogP contribution in [0.15, 0.2) is 42.7 Å². The molecule has 0 atom stereocenters. The molecule has 39 heavy (non-hydrogen) atoms. The normalized spacial score (nSPS) is 11.4. The van der Waals surface area contributed by atoms with E-state index in [9.17, 15) is 0 Å². The van der Waals surface area contributed by atoms with E-state index in [1.807, 2.05) is 0 Å². The smallest absolute Gasteiger partial charge is 0.234 e. The summed E-state index contributed by atoms with van der Waals surface area (Å²) in [6, 6.07) is 11.0. The van der Waals surface area contributed by atoms with Gasteiger partial charge in [0.25, 0.3) is 5.82 Å². The fourth-order valence-electron chi connectivity index (χ4n) is 6.01. The second kappa shape index (κ2) is 24.2. The van der Waals surface area contributed by atoms with Crippen LogP contribution >= 0.6 is 0 Å². The Bertz CT molecular complexity index is 778. The maximum Gasteiger partial charge on any atom is 0.256 e. The number of unbranched alkanes of at least 4 members (excludes halogenated alkanes) is 19. The lowest BCUT2D eigenvalue weighted by atomic mass is 10.1. The Morgan fingerprint density at radius 2 is 1.00 bits per heavy atom. The SMILES string of the molecule is CCCCCCCCCCCCCn1cc[n+](CCCc2ccccc2)c1CCCCCCCCCCCC. The summed E-state index contributed by atoms with van der Waals surface area (Å²) in [4.78, 5) is 0. The lowest BCUT2D eigenvalue weighted by Crippen LogP contribution is -2.37. The Kier molecular flexibility index (Phi) is 20.9. The summed E-state index contributed by atoms with van der Waals surface area (Å²) in [5.41, 5.74) is 1.47. The maximum absolute atomic E-state index is 2.60. The van der Waals surface area contributed by atoms with Crippen molar-refractivity contribution < 1.29 is 4.57 Å². The molecule has 0 spiro atoms. The molecule has 1 aromatic carbocycles. The second-order valence-electron chi connectivity index (χ2n) is 12.2. The van der Waals surface area contributed by atoms with Crippen molar-refractivity contribution in [2.75, 3.05) is 0 Å². The van der Waals surface area contributed by atoms with Gasteiger partial charge in [0, 0.05) is 6.42 Å². The van der Waals surface area contributed by atoms with Crippen LogP contribution in [0.1, 0.15) is 166 Å². The highest BCUT2D eigenvalue weighted by atomic mass is 15.1. The van der Waals surface area contributed by atoms with Crippen molar-refractivity contribution in [3.05, 3.63) is 54.1 Å². The van der Waals surface area contributed by atoms with Crippen LogP contribution in [0.4, 0.5) is 0 Å². The molecule has 0 aliphatic carbocycles. The van der Waals surface area contributed by atoms with Gasteiger partial charge >= 0.3 is 0 Å². The molecule has 0 radical (unpaired) electrons. The molecule has 1 heterocycles. The number of rotatable bonds is 27. The molecule has 0 amide bonds. The van der Waals surface area contributed by atoms with E-state index >= 15 is 0 Å². The molecule has 222 valence electrons. The van der Waals surface area contributed by atoms with Crippen LogP contribution in [-0.2, 0) is 25.9 Å². The zero-order chi connectivity index (χ0) is 27.6.